The number of aryl methyl sites for hydroxylation is 2. The van der Waals surface area contributed by atoms with Crippen molar-refractivity contribution in [3.05, 3.63) is 24.8 Å². The third kappa shape index (κ3) is 8.15. The molecule has 1 rings (SSSR count). The summed E-state index contributed by atoms with van der Waals surface area (Å²) in [5.74, 6) is -0.577. The number of aromatic nitrogens is 2. The second kappa shape index (κ2) is 7.07. The zero-order valence-electron chi connectivity index (χ0n) is 10.8. The molecular weight excluding hydrogens is 308 g/mol. The maximum absolute atomic E-state index is 10.5. The summed E-state index contributed by atoms with van der Waals surface area (Å²) in [6.45, 7) is 0.900. The van der Waals surface area contributed by atoms with Gasteiger partial charge in [0.05, 0.1) is 11.5 Å². The molecule has 0 radical (unpaired) electrons. The predicted molar refractivity (Wildman–Crippen MR) is 68.9 cm³/mol. The third-order valence-electron chi connectivity index (χ3n) is 2.54. The van der Waals surface area contributed by atoms with E-state index >= 15 is 0 Å². The van der Waals surface area contributed by atoms with Crippen molar-refractivity contribution in [3.63, 3.8) is 0 Å². The summed E-state index contributed by atoms with van der Waals surface area (Å²) in [7, 11) is -7.86. The lowest BCUT2D eigenvalue weighted by Crippen LogP contribution is -2.42. The molecule has 0 amide bonds. The van der Waals surface area contributed by atoms with Gasteiger partial charge in [0.25, 0.3) is 20.2 Å². The van der Waals surface area contributed by atoms with E-state index in [0.717, 1.165) is 0 Å². The molecule has 8 nitrogen and oxygen atoms in total. The molecule has 0 spiro atoms. The number of hydrogen-bond acceptors (Lipinski definition) is 4. The summed E-state index contributed by atoms with van der Waals surface area (Å²) in [6.07, 6.45) is 7.48. The topological polar surface area (TPSA) is 117 Å². The van der Waals surface area contributed by atoms with E-state index in [1.54, 1.807) is 33.9 Å². The minimum Gasteiger partial charge on any atom is -0.286 e. The molecular formula is C10H18N2O6S2+2. The van der Waals surface area contributed by atoms with Gasteiger partial charge in [-0.2, -0.15) is 26.0 Å². The summed E-state index contributed by atoms with van der Waals surface area (Å²) in [5.41, 5.74) is 0. The Kier molecular flexibility index (Phi) is 5.99. The van der Waals surface area contributed by atoms with Gasteiger partial charge in [-0.15, -0.1) is 0 Å². The molecule has 10 heteroatoms. The van der Waals surface area contributed by atoms with Crippen LogP contribution in [0.1, 0.15) is 12.8 Å². The van der Waals surface area contributed by atoms with Crippen LogP contribution in [0.2, 0.25) is 0 Å². The number of hydrogen-bond donors (Lipinski definition) is 2. The fourth-order valence-corrected chi connectivity index (χ4v) is 2.59. The lowest BCUT2D eigenvalue weighted by atomic mass is 10.4. The van der Waals surface area contributed by atoms with Gasteiger partial charge in [-0.3, -0.25) is 9.11 Å². The van der Waals surface area contributed by atoms with Crippen molar-refractivity contribution in [2.45, 2.75) is 25.9 Å². The molecule has 0 saturated carbocycles. The molecule has 0 aliphatic heterocycles. The summed E-state index contributed by atoms with van der Waals surface area (Å²) >= 11 is 0. The van der Waals surface area contributed by atoms with Crippen LogP contribution in [0.5, 0.6) is 0 Å². The maximum Gasteiger partial charge on any atom is 0.265 e. The fraction of sp³-hybridized carbons (Fsp3) is 0.600. The van der Waals surface area contributed by atoms with Crippen LogP contribution >= 0.6 is 0 Å². The molecule has 1 aromatic heterocycles. The van der Waals surface area contributed by atoms with Crippen molar-refractivity contribution in [1.82, 2.24) is 0 Å². The molecule has 2 N–H and O–H groups in total. The van der Waals surface area contributed by atoms with E-state index in [4.69, 9.17) is 9.11 Å². The predicted octanol–water partition coefficient (Wildman–Crippen LogP) is -1.18. The van der Waals surface area contributed by atoms with Crippen molar-refractivity contribution in [2.75, 3.05) is 11.5 Å². The van der Waals surface area contributed by atoms with Gasteiger partial charge < -0.3 is 0 Å². The Labute approximate surface area is 118 Å². The molecule has 20 heavy (non-hydrogen) atoms. The van der Waals surface area contributed by atoms with Gasteiger partial charge in [-0.25, -0.2) is 0 Å². The molecule has 1 aromatic rings. The van der Waals surface area contributed by atoms with E-state index in [-0.39, 0.29) is 11.5 Å². The Morgan fingerprint density at radius 1 is 0.700 bits per heavy atom. The average Bonchev–Trinajstić information content (AvgIpc) is 2.28. The molecule has 0 atom stereocenters. The largest absolute Gasteiger partial charge is 0.286 e. The van der Waals surface area contributed by atoms with Crippen LogP contribution in [0.15, 0.2) is 24.8 Å². The van der Waals surface area contributed by atoms with E-state index in [9.17, 15) is 16.8 Å². The summed E-state index contributed by atoms with van der Waals surface area (Å²) in [4.78, 5) is 0. The minimum absolute atomic E-state index is 0.288. The van der Waals surface area contributed by atoms with Crippen molar-refractivity contribution in [3.8, 4) is 0 Å². The molecule has 1 heterocycles. The van der Waals surface area contributed by atoms with Gasteiger partial charge in [-0.05, 0) is 0 Å². The van der Waals surface area contributed by atoms with Crippen molar-refractivity contribution in [2.24, 2.45) is 0 Å². The van der Waals surface area contributed by atoms with Crippen LogP contribution in [0, 0.1) is 0 Å². The SMILES string of the molecule is O=S(=O)(O)CCC[n+]1cc[n+](CCCS(=O)(=O)O)cc1. The Bertz CT molecular complexity index is 567. The highest BCUT2D eigenvalue weighted by Gasteiger charge is 2.11. The highest BCUT2D eigenvalue weighted by Crippen LogP contribution is 1.89. The van der Waals surface area contributed by atoms with Gasteiger partial charge in [0, 0.05) is 12.8 Å². The highest BCUT2D eigenvalue weighted by molar-refractivity contribution is 7.86. The van der Waals surface area contributed by atoms with Gasteiger partial charge in [0.1, 0.15) is 13.1 Å². The molecule has 0 aliphatic rings. The van der Waals surface area contributed by atoms with Crippen LogP contribution in [0.25, 0.3) is 0 Å². The van der Waals surface area contributed by atoms with Gasteiger partial charge in [0.2, 0.25) is 24.8 Å². The van der Waals surface area contributed by atoms with Crippen LogP contribution in [0.4, 0.5) is 0 Å². The Hall–Kier alpha value is -1.10. The Morgan fingerprint density at radius 2 is 1.00 bits per heavy atom. The second-order valence-electron chi connectivity index (χ2n) is 4.35. The smallest absolute Gasteiger partial charge is 0.265 e. The van der Waals surface area contributed by atoms with E-state index in [0.29, 0.717) is 25.9 Å². The first-order valence-electron chi connectivity index (χ1n) is 5.94. The normalized spacial score (nSPS) is 12.5. The van der Waals surface area contributed by atoms with Crippen LogP contribution in [-0.4, -0.2) is 37.4 Å². The standard InChI is InChI=1S/C10H16N2O6S2/c13-19(14,15)9-1-3-11-5-7-12(8-6-11)4-2-10-20(16,17)18/h5-8H,1-4,9-10H2/p+2. The van der Waals surface area contributed by atoms with Crippen molar-refractivity contribution in [1.29, 1.82) is 0 Å². The Morgan fingerprint density at radius 3 is 1.25 bits per heavy atom. The van der Waals surface area contributed by atoms with Gasteiger partial charge in [0.15, 0.2) is 0 Å². The average molecular weight is 326 g/mol. The van der Waals surface area contributed by atoms with E-state index in [1.807, 2.05) is 0 Å². The van der Waals surface area contributed by atoms with Crippen LogP contribution in [0.3, 0.4) is 0 Å². The maximum atomic E-state index is 10.5. The van der Waals surface area contributed by atoms with Crippen LogP contribution in [-0.2, 0) is 33.3 Å². The molecule has 0 saturated heterocycles. The van der Waals surface area contributed by atoms with Crippen molar-refractivity contribution < 1.29 is 35.1 Å². The molecule has 0 aromatic carbocycles. The van der Waals surface area contributed by atoms with Crippen LogP contribution < -0.4 is 9.13 Å². The van der Waals surface area contributed by atoms with Gasteiger partial charge >= 0.3 is 0 Å². The highest BCUT2D eigenvalue weighted by atomic mass is 32.2. The third-order valence-corrected chi connectivity index (χ3v) is 4.15. The lowest BCUT2D eigenvalue weighted by molar-refractivity contribution is -0.750. The van der Waals surface area contributed by atoms with Crippen molar-refractivity contribution >= 4 is 20.2 Å². The first-order valence-corrected chi connectivity index (χ1v) is 9.16. The zero-order valence-corrected chi connectivity index (χ0v) is 12.4. The molecule has 0 aliphatic carbocycles. The number of rotatable bonds is 8. The molecule has 0 unspecified atom stereocenters. The monoisotopic (exact) mass is 326 g/mol. The quantitative estimate of drug-likeness (QED) is 0.459. The summed E-state index contributed by atoms with van der Waals surface area (Å²) < 4.78 is 62.9. The van der Waals surface area contributed by atoms with Gasteiger partial charge in [-0.1, -0.05) is 0 Å². The first-order chi connectivity index (χ1) is 9.16. The minimum atomic E-state index is -3.93. The summed E-state index contributed by atoms with van der Waals surface area (Å²) in [6, 6.07) is 0. The lowest BCUT2D eigenvalue weighted by Gasteiger charge is -1.97. The molecule has 0 bridgehead atoms. The molecule has 0 fully saturated rings. The zero-order chi connectivity index (χ0) is 15.2. The Balaban J connectivity index is 2.40. The fourth-order valence-electron chi connectivity index (χ4n) is 1.60. The molecule has 114 valence electrons. The first kappa shape index (κ1) is 17.0. The van der Waals surface area contributed by atoms with E-state index < -0.39 is 20.2 Å². The second-order valence-corrected chi connectivity index (χ2v) is 7.50. The summed E-state index contributed by atoms with van der Waals surface area (Å²) in [5, 5.41) is 0. The number of nitrogens with zero attached hydrogens (tertiary/aromatic N) is 2. The van der Waals surface area contributed by atoms with E-state index in [2.05, 4.69) is 0 Å². The van der Waals surface area contributed by atoms with E-state index in [1.165, 1.54) is 0 Å².